The smallest absolute Gasteiger partial charge is 0.241 e. The molecule has 2 amide bonds. The Labute approximate surface area is 192 Å². The van der Waals surface area contributed by atoms with Gasteiger partial charge in [-0.3, -0.25) is 19.9 Å². The van der Waals surface area contributed by atoms with Crippen LogP contribution < -0.4 is 21.1 Å². The lowest BCUT2D eigenvalue weighted by atomic mass is 10.0. The van der Waals surface area contributed by atoms with E-state index in [0.717, 1.165) is 17.3 Å². The van der Waals surface area contributed by atoms with E-state index in [1.807, 2.05) is 18.2 Å². The van der Waals surface area contributed by atoms with Crippen molar-refractivity contribution in [3.63, 3.8) is 0 Å². The molecule has 0 bridgehead atoms. The van der Waals surface area contributed by atoms with Gasteiger partial charge in [0.05, 0.1) is 22.4 Å². The maximum Gasteiger partial charge on any atom is 0.241 e. The van der Waals surface area contributed by atoms with E-state index in [9.17, 15) is 14.0 Å². The summed E-state index contributed by atoms with van der Waals surface area (Å²) >= 11 is 13.2. The highest BCUT2D eigenvalue weighted by molar-refractivity contribution is 8.14. The van der Waals surface area contributed by atoms with E-state index in [1.165, 1.54) is 23.1 Å². The lowest BCUT2D eigenvalue weighted by Crippen LogP contribution is -2.49. The fraction of sp³-hybridized carbons (Fsp3) is 0.250. The van der Waals surface area contributed by atoms with Crippen LogP contribution in [0.4, 0.5) is 10.1 Å². The summed E-state index contributed by atoms with van der Waals surface area (Å²) in [5, 5.41) is 3.61. The molecule has 0 aromatic heterocycles. The van der Waals surface area contributed by atoms with E-state index >= 15 is 0 Å². The summed E-state index contributed by atoms with van der Waals surface area (Å²) in [5.41, 5.74) is 7.08. The summed E-state index contributed by atoms with van der Waals surface area (Å²) in [6.45, 7) is 0.701. The summed E-state index contributed by atoms with van der Waals surface area (Å²) < 4.78 is 13.6. The molecule has 0 radical (unpaired) electrons. The van der Waals surface area contributed by atoms with Crippen LogP contribution in [0.3, 0.4) is 0 Å². The van der Waals surface area contributed by atoms with Crippen LogP contribution >= 0.6 is 35.0 Å². The fourth-order valence-electron chi connectivity index (χ4n) is 3.25. The second-order valence-electron chi connectivity index (χ2n) is 6.92. The molecule has 2 atom stereocenters. The monoisotopic (exact) mass is 481 g/mol. The minimum atomic E-state index is -0.581. The number of nitrogens with one attached hydrogen (secondary N) is 3. The van der Waals surface area contributed by atoms with Crippen LogP contribution in [-0.2, 0) is 16.1 Å². The number of halogens is 3. The quantitative estimate of drug-likeness (QED) is 0.611. The number of carbonyl (C=O) groups excluding carboxylic acids is 2. The number of hydrazine groups is 1. The molecule has 2 aromatic carbocycles. The number of hydrogen-bond acceptors (Lipinski definition) is 6. The van der Waals surface area contributed by atoms with Crippen molar-refractivity contribution in [1.29, 1.82) is 0 Å². The Morgan fingerprint density at radius 2 is 2.06 bits per heavy atom. The first kappa shape index (κ1) is 22.0. The minimum Gasteiger partial charge on any atom is -0.351 e. The molecule has 31 heavy (non-hydrogen) atoms. The third-order valence-corrected chi connectivity index (χ3v) is 6.47. The van der Waals surface area contributed by atoms with Gasteiger partial charge in [-0.05, 0) is 29.8 Å². The van der Waals surface area contributed by atoms with Crippen molar-refractivity contribution in [2.24, 2.45) is 10.9 Å². The van der Waals surface area contributed by atoms with E-state index in [2.05, 4.69) is 21.2 Å². The lowest BCUT2D eigenvalue weighted by molar-refractivity contribution is -0.121. The van der Waals surface area contributed by atoms with E-state index in [-0.39, 0.29) is 29.1 Å². The van der Waals surface area contributed by atoms with Gasteiger partial charge in [0, 0.05) is 18.1 Å². The molecule has 1 fully saturated rings. The van der Waals surface area contributed by atoms with Gasteiger partial charge in [-0.1, -0.05) is 53.2 Å². The highest BCUT2D eigenvalue weighted by Gasteiger charge is 2.42. The van der Waals surface area contributed by atoms with Crippen LogP contribution in [0.1, 0.15) is 5.56 Å². The van der Waals surface area contributed by atoms with Crippen LogP contribution in [0.15, 0.2) is 47.5 Å². The second-order valence-corrected chi connectivity index (χ2v) is 8.67. The first-order valence-corrected chi connectivity index (χ1v) is 11.2. The van der Waals surface area contributed by atoms with Crippen molar-refractivity contribution >= 4 is 57.6 Å². The van der Waals surface area contributed by atoms with Gasteiger partial charge < -0.3 is 5.32 Å². The Morgan fingerprint density at radius 1 is 1.26 bits per heavy atom. The summed E-state index contributed by atoms with van der Waals surface area (Å²) in [7, 11) is 0. The van der Waals surface area contributed by atoms with Gasteiger partial charge >= 0.3 is 0 Å². The highest BCUT2D eigenvalue weighted by atomic mass is 35.5. The Morgan fingerprint density at radius 3 is 2.84 bits per heavy atom. The molecule has 1 saturated heterocycles. The maximum atomic E-state index is 13.6. The van der Waals surface area contributed by atoms with Gasteiger partial charge in [0.15, 0.2) is 5.17 Å². The molecule has 7 nitrogen and oxygen atoms in total. The molecule has 2 aromatic rings. The number of benzene rings is 2. The Bertz CT molecular complexity index is 1050. The van der Waals surface area contributed by atoms with Crippen molar-refractivity contribution in [3.8, 4) is 0 Å². The van der Waals surface area contributed by atoms with Crippen LogP contribution in [0.5, 0.6) is 0 Å². The van der Waals surface area contributed by atoms with Crippen molar-refractivity contribution in [2.45, 2.75) is 12.7 Å². The third kappa shape index (κ3) is 4.86. The topological polar surface area (TPSA) is 85.8 Å². The van der Waals surface area contributed by atoms with Gasteiger partial charge in [0.1, 0.15) is 12.0 Å². The molecule has 0 spiro atoms. The van der Waals surface area contributed by atoms with E-state index in [0.29, 0.717) is 22.4 Å². The number of aliphatic imine (C=N–C) groups is 1. The van der Waals surface area contributed by atoms with Gasteiger partial charge in [-0.15, -0.1) is 0 Å². The normalized spacial score (nSPS) is 20.4. The molecule has 3 N–H and O–H groups in total. The zero-order valence-electron chi connectivity index (χ0n) is 16.1. The Kier molecular flexibility index (Phi) is 6.78. The average Bonchev–Trinajstić information content (AvgIpc) is 3.23. The standard InChI is InChI=1S/C20H18Cl2FN5O2S/c21-14-4-2-1-3-11(14)8-24-17(29)10-31-20-26-18-13(9-25-27-18)19(30)28(20)12-5-6-16(23)15(22)7-12/h1-7,13,18,25,27H,8-10H2,(H,24,29). The summed E-state index contributed by atoms with van der Waals surface area (Å²) in [5.74, 6) is -1.41. The van der Waals surface area contributed by atoms with Gasteiger partial charge in [0.25, 0.3) is 0 Å². The number of hydrogen-bond donors (Lipinski definition) is 3. The van der Waals surface area contributed by atoms with E-state index in [1.54, 1.807) is 6.07 Å². The molecule has 2 aliphatic rings. The highest BCUT2D eigenvalue weighted by Crippen LogP contribution is 2.31. The summed E-state index contributed by atoms with van der Waals surface area (Å²) in [4.78, 5) is 31.5. The van der Waals surface area contributed by atoms with E-state index in [4.69, 9.17) is 23.2 Å². The van der Waals surface area contributed by atoms with E-state index < -0.39 is 17.9 Å². The lowest BCUT2D eigenvalue weighted by Gasteiger charge is -2.32. The molecule has 2 unspecified atom stereocenters. The third-order valence-electron chi connectivity index (χ3n) is 4.86. The minimum absolute atomic E-state index is 0.0345. The van der Waals surface area contributed by atoms with Gasteiger partial charge in [-0.2, -0.15) is 0 Å². The molecule has 2 heterocycles. The van der Waals surface area contributed by atoms with Crippen molar-refractivity contribution in [1.82, 2.24) is 16.2 Å². The number of nitrogens with zero attached hydrogens (tertiary/aromatic N) is 2. The largest absolute Gasteiger partial charge is 0.351 e. The number of thioether (sulfide) groups is 1. The molecule has 4 rings (SSSR count). The number of amidine groups is 1. The molecular weight excluding hydrogens is 464 g/mol. The van der Waals surface area contributed by atoms with Crippen LogP contribution in [0, 0.1) is 11.7 Å². The number of fused-ring (bicyclic) bond motifs is 1. The molecule has 0 aliphatic carbocycles. The maximum absolute atomic E-state index is 13.6. The Hall–Kier alpha value is -2.17. The van der Waals surface area contributed by atoms with Crippen molar-refractivity contribution in [2.75, 3.05) is 17.2 Å². The Balaban J connectivity index is 1.48. The summed E-state index contributed by atoms with van der Waals surface area (Å²) in [6, 6.07) is 11.3. The molecule has 162 valence electrons. The van der Waals surface area contributed by atoms with Gasteiger partial charge in [-0.25, -0.2) is 14.8 Å². The second kappa shape index (κ2) is 9.54. The van der Waals surface area contributed by atoms with Crippen LogP contribution in [0.2, 0.25) is 10.0 Å². The van der Waals surface area contributed by atoms with Crippen molar-refractivity contribution in [3.05, 3.63) is 63.9 Å². The SMILES string of the molecule is O=C(CSC1=NC2NNCC2C(=O)N1c1ccc(F)c(Cl)c1)NCc1ccccc1Cl. The number of amides is 2. The number of anilines is 1. The summed E-state index contributed by atoms with van der Waals surface area (Å²) in [6.07, 6.45) is -0.437. The van der Waals surface area contributed by atoms with Gasteiger partial charge in [0.2, 0.25) is 11.8 Å². The molecule has 11 heteroatoms. The first-order valence-electron chi connectivity index (χ1n) is 9.42. The zero-order valence-corrected chi connectivity index (χ0v) is 18.4. The molecule has 0 saturated carbocycles. The molecular formula is C20H18Cl2FN5O2S. The van der Waals surface area contributed by atoms with Crippen LogP contribution in [0.25, 0.3) is 0 Å². The fourth-order valence-corrected chi connectivity index (χ4v) is 4.50. The van der Waals surface area contributed by atoms with Crippen LogP contribution in [-0.4, -0.2) is 35.4 Å². The first-order chi connectivity index (χ1) is 14.9. The predicted molar refractivity (Wildman–Crippen MR) is 121 cm³/mol. The predicted octanol–water partition coefficient (Wildman–Crippen LogP) is 2.93. The zero-order chi connectivity index (χ0) is 22.0. The average molecular weight is 482 g/mol. The number of rotatable bonds is 5. The molecule has 2 aliphatic heterocycles. The number of carbonyl (C=O) groups is 2. The van der Waals surface area contributed by atoms with Crippen molar-refractivity contribution < 1.29 is 14.0 Å².